The van der Waals surface area contributed by atoms with Crippen molar-refractivity contribution >= 4 is 17.3 Å². The lowest BCUT2D eigenvalue weighted by atomic mass is 10.4. The van der Waals surface area contributed by atoms with Gasteiger partial charge in [0.25, 0.3) is 0 Å². The molecule has 15 heavy (non-hydrogen) atoms. The van der Waals surface area contributed by atoms with Gasteiger partial charge in [0.05, 0.1) is 11.5 Å². The van der Waals surface area contributed by atoms with E-state index >= 15 is 0 Å². The Kier molecular flexibility index (Phi) is 4.26. The van der Waals surface area contributed by atoms with Crippen LogP contribution < -0.4 is 4.74 Å². The fourth-order valence-corrected chi connectivity index (χ4v) is 1.04. The molecule has 0 amide bonds. The molecule has 0 spiro atoms. The zero-order valence-corrected chi connectivity index (χ0v) is 8.73. The summed E-state index contributed by atoms with van der Waals surface area (Å²) >= 11 is 5.59. The number of pyridine rings is 1. The fourth-order valence-electron chi connectivity index (χ4n) is 0.893. The Morgan fingerprint density at radius 1 is 1.60 bits per heavy atom. The van der Waals surface area contributed by atoms with Crippen LogP contribution in [0.15, 0.2) is 12.3 Å². The van der Waals surface area contributed by atoms with Crippen LogP contribution in [0.25, 0.3) is 0 Å². The molecule has 0 aromatic carbocycles. The number of hydrogen-bond donors (Lipinski definition) is 0. The molecule has 6 nitrogen and oxygen atoms in total. The van der Waals surface area contributed by atoms with Crippen LogP contribution in [-0.2, 0) is 4.74 Å². The number of aromatic nitrogens is 1. The first-order valence-electron chi connectivity index (χ1n) is 4.07. The van der Waals surface area contributed by atoms with Crippen molar-refractivity contribution in [1.82, 2.24) is 4.98 Å². The maximum absolute atomic E-state index is 10.6. The Bertz CT molecular complexity index is 358. The van der Waals surface area contributed by atoms with Crippen LogP contribution in [0, 0.1) is 10.1 Å². The largest absolute Gasteiger partial charge is 0.484 e. The molecular formula is C8H9ClN2O4. The SMILES string of the molecule is COCCOc1cc(Cl)ncc1[N+](=O)[O-]. The van der Waals surface area contributed by atoms with E-state index in [1.54, 1.807) is 0 Å². The second kappa shape index (κ2) is 5.47. The smallest absolute Gasteiger partial charge is 0.329 e. The lowest BCUT2D eigenvalue weighted by Gasteiger charge is -2.05. The van der Waals surface area contributed by atoms with Crippen molar-refractivity contribution in [2.45, 2.75) is 0 Å². The van der Waals surface area contributed by atoms with E-state index in [2.05, 4.69) is 4.98 Å². The topological polar surface area (TPSA) is 74.5 Å². The van der Waals surface area contributed by atoms with Crippen molar-refractivity contribution in [2.24, 2.45) is 0 Å². The maximum Gasteiger partial charge on any atom is 0.329 e. The molecule has 1 aromatic rings. The minimum atomic E-state index is -0.578. The van der Waals surface area contributed by atoms with Gasteiger partial charge in [0.2, 0.25) is 5.75 Å². The summed E-state index contributed by atoms with van der Waals surface area (Å²) in [5.74, 6) is 0.0945. The van der Waals surface area contributed by atoms with Gasteiger partial charge in [-0.3, -0.25) is 10.1 Å². The van der Waals surface area contributed by atoms with Crippen LogP contribution in [0.3, 0.4) is 0 Å². The second-order valence-electron chi connectivity index (χ2n) is 2.57. The van der Waals surface area contributed by atoms with Crippen molar-refractivity contribution in [3.63, 3.8) is 0 Å². The molecule has 0 saturated heterocycles. The summed E-state index contributed by atoms with van der Waals surface area (Å²) in [6.45, 7) is 0.564. The Morgan fingerprint density at radius 2 is 2.33 bits per heavy atom. The highest BCUT2D eigenvalue weighted by atomic mass is 35.5. The molecule has 0 N–H and O–H groups in total. The number of hydrogen-bond acceptors (Lipinski definition) is 5. The van der Waals surface area contributed by atoms with E-state index < -0.39 is 4.92 Å². The lowest BCUT2D eigenvalue weighted by molar-refractivity contribution is -0.386. The molecule has 0 bridgehead atoms. The normalized spacial score (nSPS) is 10.0. The predicted molar refractivity (Wildman–Crippen MR) is 53.3 cm³/mol. The van der Waals surface area contributed by atoms with Gasteiger partial charge < -0.3 is 9.47 Å². The molecule has 0 saturated carbocycles. The van der Waals surface area contributed by atoms with Gasteiger partial charge in [-0.15, -0.1) is 0 Å². The summed E-state index contributed by atoms with van der Waals surface area (Å²) in [7, 11) is 1.51. The average Bonchev–Trinajstić information content (AvgIpc) is 2.18. The number of methoxy groups -OCH3 is 1. The van der Waals surface area contributed by atoms with Crippen LogP contribution in [0.1, 0.15) is 0 Å². The van der Waals surface area contributed by atoms with Crippen LogP contribution in [0.2, 0.25) is 5.15 Å². The Morgan fingerprint density at radius 3 is 2.93 bits per heavy atom. The van der Waals surface area contributed by atoms with Crippen molar-refractivity contribution in [2.75, 3.05) is 20.3 Å². The molecule has 0 aliphatic heterocycles. The average molecular weight is 233 g/mol. The van der Waals surface area contributed by atoms with E-state index in [1.165, 1.54) is 13.2 Å². The van der Waals surface area contributed by atoms with Crippen LogP contribution >= 0.6 is 11.6 Å². The number of halogens is 1. The summed E-state index contributed by atoms with van der Waals surface area (Å²) in [5, 5.41) is 10.7. The molecular weight excluding hydrogens is 224 g/mol. The van der Waals surface area contributed by atoms with E-state index in [9.17, 15) is 10.1 Å². The lowest BCUT2D eigenvalue weighted by Crippen LogP contribution is -2.06. The monoisotopic (exact) mass is 232 g/mol. The van der Waals surface area contributed by atoms with Crippen LogP contribution in [-0.4, -0.2) is 30.2 Å². The molecule has 1 rings (SSSR count). The Labute approximate surface area is 90.9 Å². The molecule has 82 valence electrons. The number of nitro groups is 1. The minimum Gasteiger partial charge on any atom is -0.484 e. The van der Waals surface area contributed by atoms with E-state index in [0.29, 0.717) is 6.61 Å². The third-order valence-corrected chi connectivity index (χ3v) is 1.76. The van der Waals surface area contributed by atoms with Gasteiger partial charge in [-0.05, 0) is 0 Å². The van der Waals surface area contributed by atoms with Gasteiger partial charge in [-0.2, -0.15) is 0 Å². The number of nitrogens with zero attached hydrogens (tertiary/aromatic N) is 2. The first-order chi connectivity index (χ1) is 7.15. The van der Waals surface area contributed by atoms with Gasteiger partial charge in [0.15, 0.2) is 0 Å². The third kappa shape index (κ3) is 3.34. The van der Waals surface area contributed by atoms with E-state index in [1.807, 2.05) is 0 Å². The van der Waals surface area contributed by atoms with E-state index in [-0.39, 0.29) is 23.2 Å². The molecule has 0 fully saturated rings. The highest BCUT2D eigenvalue weighted by Gasteiger charge is 2.16. The summed E-state index contributed by atoms with van der Waals surface area (Å²) < 4.78 is 9.88. The molecule has 1 heterocycles. The third-order valence-electron chi connectivity index (χ3n) is 1.55. The van der Waals surface area contributed by atoms with Gasteiger partial charge in [0.1, 0.15) is 18.0 Å². The number of ether oxygens (including phenoxy) is 2. The van der Waals surface area contributed by atoms with Crippen molar-refractivity contribution in [1.29, 1.82) is 0 Å². The molecule has 0 atom stereocenters. The predicted octanol–water partition coefficient (Wildman–Crippen LogP) is 1.67. The molecule has 0 aliphatic carbocycles. The van der Waals surface area contributed by atoms with Gasteiger partial charge >= 0.3 is 5.69 Å². The van der Waals surface area contributed by atoms with Crippen molar-refractivity contribution in [3.8, 4) is 5.75 Å². The highest BCUT2D eigenvalue weighted by molar-refractivity contribution is 6.29. The van der Waals surface area contributed by atoms with Crippen molar-refractivity contribution < 1.29 is 14.4 Å². The zero-order valence-electron chi connectivity index (χ0n) is 7.97. The Hall–Kier alpha value is -1.40. The van der Waals surface area contributed by atoms with Gasteiger partial charge in [0, 0.05) is 13.2 Å². The van der Waals surface area contributed by atoms with Gasteiger partial charge in [-0.25, -0.2) is 4.98 Å². The first-order valence-corrected chi connectivity index (χ1v) is 4.44. The summed E-state index contributed by atoms with van der Waals surface area (Å²) in [4.78, 5) is 13.6. The standard InChI is InChI=1S/C8H9ClN2O4/c1-14-2-3-15-7-4-8(9)10-5-6(7)11(12)13/h4-5H,2-3H2,1H3. The quantitative estimate of drug-likeness (QED) is 0.334. The molecule has 7 heteroatoms. The summed E-state index contributed by atoms with van der Waals surface area (Å²) in [6, 6.07) is 1.30. The first kappa shape index (κ1) is 11.7. The number of rotatable bonds is 5. The Balaban J connectivity index is 2.82. The van der Waals surface area contributed by atoms with Crippen LogP contribution in [0.4, 0.5) is 5.69 Å². The second-order valence-corrected chi connectivity index (χ2v) is 2.96. The molecule has 0 radical (unpaired) electrons. The maximum atomic E-state index is 10.6. The summed E-state index contributed by atoms with van der Waals surface area (Å²) in [6.07, 6.45) is 1.06. The summed E-state index contributed by atoms with van der Waals surface area (Å²) in [5.41, 5.74) is -0.212. The van der Waals surface area contributed by atoms with Crippen molar-refractivity contribution in [3.05, 3.63) is 27.5 Å². The zero-order chi connectivity index (χ0) is 11.3. The highest BCUT2D eigenvalue weighted by Crippen LogP contribution is 2.27. The molecule has 1 aromatic heterocycles. The van der Waals surface area contributed by atoms with E-state index in [4.69, 9.17) is 21.1 Å². The minimum absolute atomic E-state index is 0.0945. The van der Waals surface area contributed by atoms with Crippen LogP contribution in [0.5, 0.6) is 5.75 Å². The van der Waals surface area contributed by atoms with E-state index in [0.717, 1.165) is 6.20 Å². The fraction of sp³-hybridized carbons (Fsp3) is 0.375. The van der Waals surface area contributed by atoms with Gasteiger partial charge in [-0.1, -0.05) is 11.6 Å². The molecule has 0 unspecified atom stereocenters. The molecule has 0 aliphatic rings.